The van der Waals surface area contributed by atoms with E-state index in [1.807, 2.05) is 0 Å². The van der Waals surface area contributed by atoms with Crippen LogP contribution in [-0.4, -0.2) is 25.0 Å². The number of ether oxygens (including phenoxy) is 1. The predicted molar refractivity (Wildman–Crippen MR) is 93.3 cm³/mol. The van der Waals surface area contributed by atoms with Gasteiger partial charge in [-0.25, -0.2) is 0 Å². The molecule has 2 aromatic carbocycles. The highest BCUT2D eigenvalue weighted by Crippen LogP contribution is 2.32. The van der Waals surface area contributed by atoms with E-state index in [0.717, 1.165) is 18.4 Å². The molecule has 0 radical (unpaired) electrons. The average Bonchev–Trinajstić information content (AvgIpc) is 2.60. The van der Waals surface area contributed by atoms with E-state index in [-0.39, 0.29) is 39.3 Å². The molecular formula is C16H11NO9S. The molecule has 0 unspecified atom stereocenters. The summed E-state index contributed by atoms with van der Waals surface area (Å²) in [4.78, 5) is 23.4. The Balaban J connectivity index is 2.17. The number of fused-ring (bicyclic) bond motifs is 1. The second kappa shape index (κ2) is 6.70. The standard InChI is InChI=1S/C16H11NO9S/c1-24-9-2-4-11(14(6-9)17(19)20)13-8-25-15-7-10(26-27(21,22)23)3-5-12(15)16(13)18/h2-8H,1H3,(H,21,22,23). The fourth-order valence-corrected chi connectivity index (χ4v) is 2.83. The van der Waals surface area contributed by atoms with Crippen molar-refractivity contribution in [2.45, 2.75) is 0 Å². The molecule has 0 fully saturated rings. The Morgan fingerprint density at radius 3 is 2.44 bits per heavy atom. The lowest BCUT2D eigenvalue weighted by molar-refractivity contribution is -0.384. The Hall–Kier alpha value is -3.44. The summed E-state index contributed by atoms with van der Waals surface area (Å²) in [5, 5.41) is 11.4. The number of benzene rings is 2. The van der Waals surface area contributed by atoms with Crippen LogP contribution in [0.4, 0.5) is 5.69 Å². The van der Waals surface area contributed by atoms with Crippen LogP contribution in [0.25, 0.3) is 22.1 Å². The Morgan fingerprint density at radius 2 is 1.81 bits per heavy atom. The zero-order chi connectivity index (χ0) is 19.8. The number of hydrogen-bond acceptors (Lipinski definition) is 8. The molecule has 0 aliphatic rings. The molecule has 140 valence electrons. The molecule has 1 N–H and O–H groups in total. The lowest BCUT2D eigenvalue weighted by Gasteiger charge is -2.07. The zero-order valence-electron chi connectivity index (χ0n) is 13.6. The first kappa shape index (κ1) is 18.4. The highest BCUT2D eigenvalue weighted by atomic mass is 32.3. The fraction of sp³-hybridized carbons (Fsp3) is 0.0625. The first-order chi connectivity index (χ1) is 12.7. The Labute approximate surface area is 151 Å². The maximum Gasteiger partial charge on any atom is 0.446 e. The first-order valence-electron chi connectivity index (χ1n) is 7.25. The van der Waals surface area contributed by atoms with Gasteiger partial charge in [-0.15, -0.1) is 0 Å². The van der Waals surface area contributed by atoms with Gasteiger partial charge in [-0.2, -0.15) is 8.42 Å². The molecule has 10 nitrogen and oxygen atoms in total. The molecule has 0 saturated carbocycles. The van der Waals surface area contributed by atoms with Gasteiger partial charge in [0.25, 0.3) is 5.69 Å². The molecule has 3 aromatic rings. The van der Waals surface area contributed by atoms with Gasteiger partial charge in [0.05, 0.1) is 34.6 Å². The third-order valence-corrected chi connectivity index (χ3v) is 4.04. The van der Waals surface area contributed by atoms with Gasteiger partial charge in [-0.1, -0.05) is 0 Å². The van der Waals surface area contributed by atoms with Crippen molar-refractivity contribution in [2.24, 2.45) is 0 Å². The number of rotatable bonds is 5. The number of methoxy groups -OCH3 is 1. The molecule has 0 amide bonds. The van der Waals surface area contributed by atoms with Crippen LogP contribution in [0, 0.1) is 10.1 Å². The van der Waals surface area contributed by atoms with E-state index in [4.69, 9.17) is 13.7 Å². The van der Waals surface area contributed by atoms with E-state index in [0.29, 0.717) is 0 Å². The van der Waals surface area contributed by atoms with Crippen molar-refractivity contribution in [1.29, 1.82) is 0 Å². The summed E-state index contributed by atoms with van der Waals surface area (Å²) in [5.74, 6) is -0.0149. The molecule has 0 bridgehead atoms. The van der Waals surface area contributed by atoms with Crippen LogP contribution in [0.1, 0.15) is 0 Å². The van der Waals surface area contributed by atoms with Gasteiger partial charge in [0.2, 0.25) is 5.43 Å². The predicted octanol–water partition coefficient (Wildman–Crippen LogP) is 2.56. The van der Waals surface area contributed by atoms with Crippen molar-refractivity contribution in [3.63, 3.8) is 0 Å². The molecular weight excluding hydrogens is 382 g/mol. The van der Waals surface area contributed by atoms with Gasteiger partial charge in [-0.05, 0) is 24.3 Å². The molecule has 0 aliphatic heterocycles. The van der Waals surface area contributed by atoms with Crippen LogP contribution in [0.5, 0.6) is 11.5 Å². The topological polar surface area (TPSA) is 146 Å². The number of nitro groups is 1. The second-order valence-corrected chi connectivity index (χ2v) is 6.31. The summed E-state index contributed by atoms with van der Waals surface area (Å²) in [5.41, 5.74) is -0.952. The minimum absolute atomic E-state index is 0.0268. The van der Waals surface area contributed by atoms with Crippen molar-refractivity contribution < 1.29 is 31.2 Å². The van der Waals surface area contributed by atoms with Crippen molar-refractivity contribution in [2.75, 3.05) is 7.11 Å². The Kier molecular flexibility index (Phi) is 4.56. The maximum absolute atomic E-state index is 12.7. The van der Waals surface area contributed by atoms with Gasteiger partial charge in [0.15, 0.2) is 0 Å². The normalized spacial score (nSPS) is 11.3. The van der Waals surface area contributed by atoms with Crippen molar-refractivity contribution in [1.82, 2.24) is 0 Å². The molecule has 27 heavy (non-hydrogen) atoms. The molecule has 0 aliphatic carbocycles. The monoisotopic (exact) mass is 393 g/mol. The van der Waals surface area contributed by atoms with E-state index in [1.54, 1.807) is 0 Å². The minimum atomic E-state index is -4.74. The van der Waals surface area contributed by atoms with E-state index >= 15 is 0 Å². The second-order valence-electron chi connectivity index (χ2n) is 5.29. The summed E-state index contributed by atoms with van der Waals surface area (Å²) >= 11 is 0. The van der Waals surface area contributed by atoms with Gasteiger partial charge >= 0.3 is 10.4 Å². The van der Waals surface area contributed by atoms with E-state index < -0.39 is 20.8 Å². The first-order valence-corrected chi connectivity index (χ1v) is 8.61. The van der Waals surface area contributed by atoms with Crippen LogP contribution in [-0.2, 0) is 10.4 Å². The Bertz CT molecular complexity index is 1210. The molecule has 1 heterocycles. The summed E-state index contributed by atoms with van der Waals surface area (Å²) in [6, 6.07) is 7.47. The smallest absolute Gasteiger partial charge is 0.446 e. The SMILES string of the molecule is COc1ccc(-c2coc3cc(OS(=O)(=O)O)ccc3c2=O)c([N+](=O)[O-])c1. The lowest BCUT2D eigenvalue weighted by atomic mass is 10.0. The largest absolute Gasteiger partial charge is 0.497 e. The summed E-state index contributed by atoms with van der Waals surface area (Å²) in [7, 11) is -3.38. The molecule has 0 spiro atoms. The van der Waals surface area contributed by atoms with E-state index in [1.165, 1.54) is 31.4 Å². The summed E-state index contributed by atoms with van der Waals surface area (Å²) < 4.78 is 44.8. The van der Waals surface area contributed by atoms with Crippen LogP contribution >= 0.6 is 0 Å². The number of hydrogen-bond donors (Lipinski definition) is 1. The Morgan fingerprint density at radius 1 is 1.11 bits per heavy atom. The van der Waals surface area contributed by atoms with Crippen LogP contribution < -0.4 is 14.3 Å². The number of nitro benzene ring substituents is 1. The van der Waals surface area contributed by atoms with Crippen LogP contribution in [0.2, 0.25) is 0 Å². The van der Waals surface area contributed by atoms with E-state index in [9.17, 15) is 23.3 Å². The van der Waals surface area contributed by atoms with Crippen molar-refractivity contribution in [3.8, 4) is 22.6 Å². The van der Waals surface area contributed by atoms with E-state index in [2.05, 4.69) is 4.18 Å². The third kappa shape index (κ3) is 3.73. The van der Waals surface area contributed by atoms with Crippen LogP contribution in [0.3, 0.4) is 0 Å². The molecule has 3 rings (SSSR count). The van der Waals surface area contributed by atoms with Gasteiger partial charge in [0, 0.05) is 6.07 Å². The van der Waals surface area contributed by atoms with Gasteiger partial charge < -0.3 is 13.3 Å². The third-order valence-electron chi connectivity index (χ3n) is 3.64. The zero-order valence-corrected chi connectivity index (χ0v) is 14.4. The highest BCUT2D eigenvalue weighted by molar-refractivity contribution is 7.81. The molecule has 0 saturated heterocycles. The summed E-state index contributed by atoms with van der Waals surface area (Å²) in [6.45, 7) is 0. The summed E-state index contributed by atoms with van der Waals surface area (Å²) in [6.07, 6.45) is 1.02. The molecule has 1 aromatic heterocycles. The fourth-order valence-electron chi connectivity index (χ4n) is 2.49. The average molecular weight is 393 g/mol. The molecule has 0 atom stereocenters. The maximum atomic E-state index is 12.7. The van der Waals surface area contributed by atoms with Gasteiger partial charge in [0.1, 0.15) is 23.3 Å². The number of nitrogens with zero attached hydrogens (tertiary/aromatic N) is 1. The lowest BCUT2D eigenvalue weighted by Crippen LogP contribution is -2.08. The highest BCUT2D eigenvalue weighted by Gasteiger charge is 2.21. The van der Waals surface area contributed by atoms with Gasteiger partial charge in [-0.3, -0.25) is 19.5 Å². The van der Waals surface area contributed by atoms with Crippen molar-refractivity contribution >= 4 is 27.1 Å². The van der Waals surface area contributed by atoms with Crippen LogP contribution in [0.15, 0.2) is 51.9 Å². The minimum Gasteiger partial charge on any atom is -0.497 e. The quantitative estimate of drug-likeness (QED) is 0.392. The van der Waals surface area contributed by atoms with Crippen molar-refractivity contribution in [3.05, 3.63) is 63.0 Å². The molecule has 11 heteroatoms.